The Labute approximate surface area is 123 Å². The first-order chi connectivity index (χ1) is 9.80. The number of amides is 2. The van der Waals surface area contributed by atoms with E-state index in [1.807, 2.05) is 13.8 Å². The summed E-state index contributed by atoms with van der Waals surface area (Å²) in [4.78, 5) is 23.7. The summed E-state index contributed by atoms with van der Waals surface area (Å²) in [6.07, 6.45) is 0.293. The van der Waals surface area contributed by atoms with Gasteiger partial charge in [0, 0.05) is 24.0 Å². The molecule has 0 atom stereocenters. The lowest BCUT2D eigenvalue weighted by atomic mass is 9.83. The fourth-order valence-electron chi connectivity index (χ4n) is 3.13. The fraction of sp³-hybridized carbons (Fsp3) is 0.467. The monoisotopic (exact) mass is 292 g/mol. The molecule has 0 spiro atoms. The summed E-state index contributed by atoms with van der Waals surface area (Å²) < 4.78 is 10.9. The second-order valence-electron chi connectivity index (χ2n) is 5.44. The van der Waals surface area contributed by atoms with Crippen LogP contribution >= 0.6 is 0 Å². The van der Waals surface area contributed by atoms with Gasteiger partial charge in [0.05, 0.1) is 14.2 Å². The molecule has 0 radical (unpaired) electrons. The van der Waals surface area contributed by atoms with E-state index in [4.69, 9.17) is 20.9 Å². The van der Waals surface area contributed by atoms with E-state index in [1.54, 1.807) is 14.2 Å². The lowest BCUT2D eigenvalue weighted by molar-refractivity contribution is -0.139. The van der Waals surface area contributed by atoms with E-state index in [1.165, 1.54) is 0 Å². The Hall–Kier alpha value is -2.24. The van der Waals surface area contributed by atoms with Gasteiger partial charge in [-0.15, -0.1) is 0 Å². The fourth-order valence-corrected chi connectivity index (χ4v) is 3.13. The predicted molar refractivity (Wildman–Crippen MR) is 77.2 cm³/mol. The van der Waals surface area contributed by atoms with E-state index in [-0.39, 0.29) is 12.8 Å². The molecule has 6 heteroatoms. The summed E-state index contributed by atoms with van der Waals surface area (Å²) in [6.45, 7) is 3.82. The molecule has 0 saturated carbocycles. The van der Waals surface area contributed by atoms with Gasteiger partial charge in [-0.3, -0.25) is 9.59 Å². The minimum absolute atomic E-state index is 0.146. The summed E-state index contributed by atoms with van der Waals surface area (Å²) in [5.74, 6) is -0.114. The molecule has 6 nitrogen and oxygen atoms in total. The summed E-state index contributed by atoms with van der Waals surface area (Å²) in [5.41, 5.74) is 12.9. The van der Waals surface area contributed by atoms with Crippen LogP contribution in [0, 0.1) is 19.3 Å². The number of primary amides is 2. The van der Waals surface area contributed by atoms with Crippen LogP contribution in [0.5, 0.6) is 11.5 Å². The van der Waals surface area contributed by atoms with Gasteiger partial charge in [-0.1, -0.05) is 0 Å². The molecule has 0 heterocycles. The number of hydrogen-bond donors (Lipinski definition) is 2. The number of carbonyl (C=O) groups is 2. The molecule has 1 aromatic carbocycles. The van der Waals surface area contributed by atoms with E-state index >= 15 is 0 Å². The predicted octanol–water partition coefficient (Wildman–Crippen LogP) is 0.376. The van der Waals surface area contributed by atoms with Crippen molar-refractivity contribution >= 4 is 11.8 Å². The lowest BCUT2D eigenvalue weighted by Gasteiger charge is -2.20. The molecule has 0 bridgehead atoms. The molecule has 1 aliphatic carbocycles. The average Bonchev–Trinajstić information content (AvgIpc) is 2.82. The van der Waals surface area contributed by atoms with Crippen LogP contribution in [0.4, 0.5) is 0 Å². The topological polar surface area (TPSA) is 105 Å². The van der Waals surface area contributed by atoms with Gasteiger partial charge in [-0.05, 0) is 25.0 Å². The number of hydrogen-bond acceptors (Lipinski definition) is 4. The van der Waals surface area contributed by atoms with Gasteiger partial charge in [0.15, 0.2) is 0 Å². The van der Waals surface area contributed by atoms with Crippen molar-refractivity contribution in [2.24, 2.45) is 16.9 Å². The van der Waals surface area contributed by atoms with E-state index < -0.39 is 17.2 Å². The number of nitrogens with two attached hydrogens (primary N) is 2. The van der Waals surface area contributed by atoms with Gasteiger partial charge < -0.3 is 20.9 Å². The average molecular weight is 292 g/mol. The third-order valence-corrected chi connectivity index (χ3v) is 4.46. The smallest absolute Gasteiger partial charge is 0.233 e. The highest BCUT2D eigenvalue weighted by molar-refractivity contribution is 6.05. The third-order valence-electron chi connectivity index (χ3n) is 4.46. The van der Waals surface area contributed by atoms with Crippen LogP contribution in [-0.2, 0) is 22.4 Å². The Balaban J connectivity index is 2.74. The second-order valence-corrected chi connectivity index (χ2v) is 5.44. The number of ether oxygens (including phenoxy) is 2. The van der Waals surface area contributed by atoms with Crippen molar-refractivity contribution in [1.29, 1.82) is 0 Å². The molecular formula is C15H20N2O4. The first-order valence-corrected chi connectivity index (χ1v) is 6.62. The van der Waals surface area contributed by atoms with Crippen LogP contribution in [0.15, 0.2) is 0 Å². The van der Waals surface area contributed by atoms with Gasteiger partial charge >= 0.3 is 0 Å². The Morgan fingerprint density at radius 1 is 0.905 bits per heavy atom. The van der Waals surface area contributed by atoms with Gasteiger partial charge in [0.25, 0.3) is 0 Å². The molecule has 0 aromatic heterocycles. The van der Waals surface area contributed by atoms with Crippen molar-refractivity contribution < 1.29 is 19.1 Å². The minimum atomic E-state index is -1.41. The maximum absolute atomic E-state index is 11.8. The lowest BCUT2D eigenvalue weighted by Crippen LogP contribution is -2.48. The van der Waals surface area contributed by atoms with Gasteiger partial charge in [-0.25, -0.2) is 0 Å². The zero-order valence-electron chi connectivity index (χ0n) is 12.7. The SMILES string of the molecule is COc1c(C)c(C)c(OC)c2c1CC(C(N)=O)(C(N)=O)C2. The first kappa shape index (κ1) is 15.2. The van der Waals surface area contributed by atoms with Crippen molar-refractivity contribution in [3.63, 3.8) is 0 Å². The highest BCUT2D eigenvalue weighted by atomic mass is 16.5. The molecular weight excluding hydrogens is 272 g/mol. The molecule has 1 aromatic rings. The molecule has 0 aliphatic heterocycles. The minimum Gasteiger partial charge on any atom is -0.496 e. The van der Waals surface area contributed by atoms with Crippen molar-refractivity contribution in [3.8, 4) is 11.5 Å². The first-order valence-electron chi connectivity index (χ1n) is 6.62. The Kier molecular flexibility index (Phi) is 3.57. The second kappa shape index (κ2) is 4.95. The van der Waals surface area contributed by atoms with Crippen LogP contribution in [-0.4, -0.2) is 26.0 Å². The third kappa shape index (κ3) is 1.93. The van der Waals surface area contributed by atoms with Crippen LogP contribution in [0.2, 0.25) is 0 Å². The number of benzene rings is 1. The molecule has 21 heavy (non-hydrogen) atoms. The quantitative estimate of drug-likeness (QED) is 0.782. The zero-order chi connectivity index (χ0) is 15.9. The maximum Gasteiger partial charge on any atom is 0.233 e. The van der Waals surface area contributed by atoms with Crippen molar-refractivity contribution in [3.05, 3.63) is 22.3 Å². The van der Waals surface area contributed by atoms with Crippen molar-refractivity contribution in [1.82, 2.24) is 0 Å². The molecule has 1 aliphatic rings. The van der Waals surface area contributed by atoms with Gasteiger partial charge in [0.2, 0.25) is 11.8 Å². The Morgan fingerprint density at radius 3 is 1.48 bits per heavy atom. The number of rotatable bonds is 4. The molecule has 0 fully saturated rings. The highest BCUT2D eigenvalue weighted by Crippen LogP contribution is 2.48. The summed E-state index contributed by atoms with van der Waals surface area (Å²) >= 11 is 0. The number of carbonyl (C=O) groups excluding carboxylic acids is 2. The van der Waals surface area contributed by atoms with E-state index in [0.29, 0.717) is 11.5 Å². The highest BCUT2D eigenvalue weighted by Gasteiger charge is 2.50. The molecule has 4 N–H and O–H groups in total. The molecule has 114 valence electrons. The molecule has 0 unspecified atom stereocenters. The standard InChI is InChI=1S/C15H20N2O4/c1-7-8(2)12(21-4)10-6-15(13(16)18,14(17)19)5-9(10)11(7)20-3/h5-6H2,1-4H3,(H2,16,18)(H2,17,19). The van der Waals surface area contributed by atoms with Crippen LogP contribution < -0.4 is 20.9 Å². The van der Waals surface area contributed by atoms with Gasteiger partial charge in [0.1, 0.15) is 16.9 Å². The molecule has 2 amide bonds. The summed E-state index contributed by atoms with van der Waals surface area (Å²) in [6, 6.07) is 0. The Bertz CT molecular complexity index is 582. The van der Waals surface area contributed by atoms with Crippen LogP contribution in [0.3, 0.4) is 0 Å². The summed E-state index contributed by atoms with van der Waals surface area (Å²) in [7, 11) is 3.12. The normalized spacial score (nSPS) is 15.4. The van der Waals surface area contributed by atoms with Crippen LogP contribution in [0.25, 0.3) is 0 Å². The van der Waals surface area contributed by atoms with Crippen molar-refractivity contribution in [2.75, 3.05) is 14.2 Å². The van der Waals surface area contributed by atoms with Gasteiger partial charge in [-0.2, -0.15) is 0 Å². The zero-order valence-corrected chi connectivity index (χ0v) is 12.7. The largest absolute Gasteiger partial charge is 0.496 e. The molecule has 2 rings (SSSR count). The number of fused-ring (bicyclic) bond motifs is 1. The van der Waals surface area contributed by atoms with E-state index in [2.05, 4.69) is 0 Å². The van der Waals surface area contributed by atoms with Crippen LogP contribution in [0.1, 0.15) is 22.3 Å². The van der Waals surface area contributed by atoms with Crippen molar-refractivity contribution in [2.45, 2.75) is 26.7 Å². The Morgan fingerprint density at radius 2 is 1.24 bits per heavy atom. The van der Waals surface area contributed by atoms with E-state index in [0.717, 1.165) is 22.3 Å². The summed E-state index contributed by atoms with van der Waals surface area (Å²) in [5, 5.41) is 0. The number of methoxy groups -OCH3 is 2. The molecule has 0 saturated heterocycles. The maximum atomic E-state index is 11.8. The van der Waals surface area contributed by atoms with E-state index in [9.17, 15) is 9.59 Å².